The number of fused-ring (bicyclic) bond motifs is 1. The Kier molecular flexibility index (Phi) is 4.60. The molecule has 0 saturated carbocycles. The molecule has 0 radical (unpaired) electrons. The molecule has 4 heterocycles. The van der Waals surface area contributed by atoms with Gasteiger partial charge < -0.3 is 19.1 Å². The van der Waals surface area contributed by atoms with Gasteiger partial charge in [-0.3, -0.25) is 9.78 Å². The predicted octanol–water partition coefficient (Wildman–Crippen LogP) is 2.90. The molecule has 136 valence electrons. The van der Waals surface area contributed by atoms with Gasteiger partial charge in [0.05, 0.1) is 18.1 Å². The number of hydrogen-bond acceptors (Lipinski definition) is 5. The largest absolute Gasteiger partial charge is 0.479 e. The summed E-state index contributed by atoms with van der Waals surface area (Å²) in [5.74, 6) is 1.59. The molecule has 26 heavy (non-hydrogen) atoms. The molecule has 1 aliphatic heterocycles. The normalized spacial score (nSPS) is 17.6. The second-order valence-electron chi connectivity index (χ2n) is 6.68. The van der Waals surface area contributed by atoms with Gasteiger partial charge in [-0.2, -0.15) is 0 Å². The zero-order valence-electron chi connectivity index (χ0n) is 14.8. The van der Waals surface area contributed by atoms with Gasteiger partial charge in [-0.15, -0.1) is 0 Å². The average molecular weight is 354 g/mol. The minimum atomic E-state index is 0.152. The number of aryl methyl sites for hydroxylation is 1. The number of aromatic nitrogens is 3. The lowest BCUT2D eigenvalue weighted by Gasteiger charge is -2.32. The van der Waals surface area contributed by atoms with E-state index in [9.17, 15) is 4.79 Å². The first-order valence-corrected chi connectivity index (χ1v) is 8.94. The fourth-order valence-electron chi connectivity index (χ4n) is 3.55. The summed E-state index contributed by atoms with van der Waals surface area (Å²) in [7, 11) is 1.54. The molecule has 0 aromatic carbocycles. The van der Waals surface area contributed by atoms with E-state index >= 15 is 0 Å². The standard InChI is InChI=1S/C19H22N4O3/c1-25-18-10-14(26-22-18)6-7-19(24)23-9-3-4-13(12-23)16-11-17-15(21-16)5-2-8-20-17/h2,5,8,10-11,13,21H,3-4,6-7,9,12H2,1H3/t13-/m1/s1. The Bertz CT molecular complexity index is 868. The second-order valence-corrected chi connectivity index (χ2v) is 6.68. The molecule has 1 saturated heterocycles. The Morgan fingerprint density at radius 3 is 3.19 bits per heavy atom. The number of rotatable bonds is 5. The van der Waals surface area contributed by atoms with Crippen molar-refractivity contribution >= 4 is 16.9 Å². The molecule has 7 heteroatoms. The third-order valence-corrected chi connectivity index (χ3v) is 4.96. The number of ether oxygens (including phenoxy) is 1. The highest BCUT2D eigenvalue weighted by Gasteiger charge is 2.26. The van der Waals surface area contributed by atoms with Gasteiger partial charge in [-0.05, 0) is 36.2 Å². The van der Waals surface area contributed by atoms with Crippen LogP contribution in [0.3, 0.4) is 0 Å². The number of pyridine rings is 1. The number of aromatic amines is 1. The van der Waals surface area contributed by atoms with E-state index in [1.807, 2.05) is 17.0 Å². The zero-order valence-corrected chi connectivity index (χ0v) is 14.8. The highest BCUT2D eigenvalue weighted by Crippen LogP contribution is 2.28. The molecule has 1 atom stereocenters. The molecule has 0 unspecified atom stereocenters. The summed E-state index contributed by atoms with van der Waals surface area (Å²) >= 11 is 0. The molecule has 3 aromatic heterocycles. The summed E-state index contributed by atoms with van der Waals surface area (Å²) in [4.78, 5) is 22.4. The number of piperidine rings is 1. The molecule has 4 rings (SSSR count). The number of methoxy groups -OCH3 is 1. The minimum Gasteiger partial charge on any atom is -0.479 e. The molecule has 0 bridgehead atoms. The first-order valence-electron chi connectivity index (χ1n) is 8.94. The number of H-pyrrole nitrogens is 1. The van der Waals surface area contributed by atoms with Gasteiger partial charge in [0.1, 0.15) is 5.76 Å². The Hall–Kier alpha value is -2.83. The number of likely N-dealkylation sites (tertiary alicyclic amines) is 1. The van der Waals surface area contributed by atoms with E-state index < -0.39 is 0 Å². The average Bonchev–Trinajstić information content (AvgIpc) is 3.32. The van der Waals surface area contributed by atoms with Gasteiger partial charge in [-0.1, -0.05) is 0 Å². The Balaban J connectivity index is 1.38. The van der Waals surface area contributed by atoms with E-state index in [1.54, 1.807) is 19.4 Å². The van der Waals surface area contributed by atoms with Crippen LogP contribution in [0.4, 0.5) is 0 Å². The molecular weight excluding hydrogens is 332 g/mol. The fourth-order valence-corrected chi connectivity index (χ4v) is 3.55. The molecule has 0 aliphatic carbocycles. The van der Waals surface area contributed by atoms with E-state index in [4.69, 9.17) is 9.26 Å². The number of carbonyl (C=O) groups is 1. The SMILES string of the molecule is COc1cc(CCC(=O)N2CCC[C@@H](c3cc4ncccc4[nH]3)C2)on1. The van der Waals surface area contributed by atoms with Crippen LogP contribution in [0.25, 0.3) is 11.0 Å². The van der Waals surface area contributed by atoms with Crippen molar-refractivity contribution in [2.45, 2.75) is 31.6 Å². The minimum absolute atomic E-state index is 0.152. The lowest BCUT2D eigenvalue weighted by atomic mass is 9.94. The molecule has 3 aromatic rings. The van der Waals surface area contributed by atoms with Crippen LogP contribution in [0, 0.1) is 0 Å². The summed E-state index contributed by atoms with van der Waals surface area (Å²) in [6.45, 7) is 1.55. The Morgan fingerprint density at radius 2 is 2.38 bits per heavy atom. The summed E-state index contributed by atoms with van der Waals surface area (Å²) < 4.78 is 10.2. The Morgan fingerprint density at radius 1 is 1.46 bits per heavy atom. The van der Waals surface area contributed by atoms with Crippen LogP contribution in [0.5, 0.6) is 5.88 Å². The lowest BCUT2D eigenvalue weighted by molar-refractivity contribution is -0.132. The summed E-state index contributed by atoms with van der Waals surface area (Å²) in [5, 5.41) is 3.77. The van der Waals surface area contributed by atoms with Gasteiger partial charge in [-0.25, -0.2) is 0 Å². The van der Waals surface area contributed by atoms with Crippen molar-refractivity contribution in [3.8, 4) is 5.88 Å². The third-order valence-electron chi connectivity index (χ3n) is 4.96. The van der Waals surface area contributed by atoms with Crippen molar-refractivity contribution in [2.75, 3.05) is 20.2 Å². The molecule has 7 nitrogen and oxygen atoms in total. The van der Waals surface area contributed by atoms with Gasteiger partial charge in [0.15, 0.2) is 0 Å². The van der Waals surface area contributed by atoms with E-state index in [0.29, 0.717) is 30.4 Å². The smallest absolute Gasteiger partial charge is 0.254 e. The number of nitrogens with one attached hydrogen (secondary N) is 1. The predicted molar refractivity (Wildman–Crippen MR) is 96.0 cm³/mol. The van der Waals surface area contributed by atoms with Crippen molar-refractivity contribution in [1.29, 1.82) is 0 Å². The molecule has 1 fully saturated rings. The number of nitrogens with zero attached hydrogens (tertiary/aromatic N) is 3. The van der Waals surface area contributed by atoms with Crippen LogP contribution in [0.2, 0.25) is 0 Å². The van der Waals surface area contributed by atoms with E-state index in [1.165, 1.54) is 0 Å². The molecule has 1 N–H and O–H groups in total. The quantitative estimate of drug-likeness (QED) is 0.761. The summed E-state index contributed by atoms with van der Waals surface area (Å²) in [6, 6.07) is 7.79. The first-order chi connectivity index (χ1) is 12.7. The first kappa shape index (κ1) is 16.6. The van der Waals surface area contributed by atoms with Crippen molar-refractivity contribution in [3.05, 3.63) is 41.9 Å². The maximum atomic E-state index is 12.6. The van der Waals surface area contributed by atoms with Crippen molar-refractivity contribution in [2.24, 2.45) is 0 Å². The Labute approximate surface area is 151 Å². The van der Waals surface area contributed by atoms with E-state index in [2.05, 4.69) is 21.2 Å². The van der Waals surface area contributed by atoms with Crippen molar-refractivity contribution < 1.29 is 14.1 Å². The number of amides is 1. The maximum Gasteiger partial charge on any atom is 0.254 e. The summed E-state index contributed by atoms with van der Waals surface area (Å²) in [6.07, 6.45) is 4.84. The van der Waals surface area contributed by atoms with E-state index in [-0.39, 0.29) is 5.91 Å². The van der Waals surface area contributed by atoms with Crippen molar-refractivity contribution in [3.63, 3.8) is 0 Å². The van der Waals surface area contributed by atoms with Gasteiger partial charge in [0.2, 0.25) is 5.91 Å². The number of carbonyl (C=O) groups excluding carboxylic acids is 1. The van der Waals surface area contributed by atoms with Crippen molar-refractivity contribution in [1.82, 2.24) is 20.0 Å². The highest BCUT2D eigenvalue weighted by molar-refractivity contribution is 5.77. The molecule has 1 aliphatic rings. The van der Waals surface area contributed by atoms with Gasteiger partial charge in [0, 0.05) is 49.8 Å². The monoisotopic (exact) mass is 354 g/mol. The second kappa shape index (κ2) is 7.19. The van der Waals surface area contributed by atoms with Gasteiger partial charge >= 0.3 is 0 Å². The molecular formula is C19H22N4O3. The molecule has 1 amide bonds. The van der Waals surface area contributed by atoms with E-state index in [0.717, 1.165) is 42.7 Å². The van der Waals surface area contributed by atoms with Crippen LogP contribution in [0.15, 0.2) is 35.0 Å². The van der Waals surface area contributed by atoms with Crippen LogP contribution in [-0.2, 0) is 11.2 Å². The third kappa shape index (κ3) is 3.42. The maximum absolute atomic E-state index is 12.6. The van der Waals surface area contributed by atoms with Crippen LogP contribution < -0.4 is 4.74 Å². The summed E-state index contributed by atoms with van der Waals surface area (Å²) in [5.41, 5.74) is 3.19. The van der Waals surface area contributed by atoms with Crippen LogP contribution >= 0.6 is 0 Å². The van der Waals surface area contributed by atoms with Crippen LogP contribution in [0.1, 0.15) is 36.6 Å². The van der Waals surface area contributed by atoms with Gasteiger partial charge in [0.25, 0.3) is 5.88 Å². The fraction of sp³-hybridized carbons (Fsp3) is 0.421. The lowest BCUT2D eigenvalue weighted by Crippen LogP contribution is -2.39. The molecule has 0 spiro atoms. The number of hydrogen-bond donors (Lipinski definition) is 1. The van der Waals surface area contributed by atoms with Crippen LogP contribution in [-0.4, -0.2) is 46.1 Å². The zero-order chi connectivity index (χ0) is 17.9. The topological polar surface area (TPSA) is 84.2 Å². The highest BCUT2D eigenvalue weighted by atomic mass is 16.5.